The number of methoxy groups -OCH3 is 1. The first-order valence-electron chi connectivity index (χ1n) is 13.0. The highest BCUT2D eigenvalue weighted by atomic mass is 35.5. The first kappa shape index (κ1) is 27.7. The van der Waals surface area contributed by atoms with Crippen LogP contribution in [0.3, 0.4) is 0 Å². The molecule has 10 heteroatoms. The summed E-state index contributed by atoms with van der Waals surface area (Å²) >= 11 is 6.06. The fourth-order valence-electron chi connectivity index (χ4n) is 4.64. The molecule has 1 aliphatic heterocycles. The third kappa shape index (κ3) is 6.29. The highest BCUT2D eigenvalue weighted by molar-refractivity contribution is 6.30. The number of β-amino-alcohol motifs (C(OH)–C–C–N with tert-alkyl or cyclic N) is 1. The van der Waals surface area contributed by atoms with E-state index in [-0.39, 0.29) is 24.7 Å². The predicted octanol–water partition coefficient (Wildman–Crippen LogP) is 4.44. The first-order chi connectivity index (χ1) is 19.6. The van der Waals surface area contributed by atoms with Gasteiger partial charge in [0.05, 0.1) is 18.5 Å². The molecule has 0 amide bonds. The number of aliphatic hydroxyl groups excluding tert-OH is 1. The zero-order valence-electron chi connectivity index (χ0n) is 22.2. The van der Waals surface area contributed by atoms with Gasteiger partial charge in [-0.3, -0.25) is 9.69 Å². The van der Waals surface area contributed by atoms with Crippen LogP contribution in [-0.4, -0.2) is 73.0 Å². The molecule has 0 atom stereocenters. The number of halogens is 1. The minimum absolute atomic E-state index is 0.117. The molecule has 4 aromatic rings. The lowest BCUT2D eigenvalue weighted by atomic mass is 10.0. The number of aromatic nitrogens is 2. The Balaban J connectivity index is 1.47. The molecule has 0 saturated carbocycles. The van der Waals surface area contributed by atoms with Gasteiger partial charge in [-0.25, -0.2) is 0 Å². The van der Waals surface area contributed by atoms with E-state index in [2.05, 4.69) is 14.9 Å². The van der Waals surface area contributed by atoms with Crippen LogP contribution >= 0.6 is 11.6 Å². The van der Waals surface area contributed by atoms with Crippen molar-refractivity contribution in [3.63, 3.8) is 0 Å². The molecule has 0 aliphatic carbocycles. The van der Waals surface area contributed by atoms with Crippen LogP contribution in [0.15, 0.2) is 83.8 Å². The van der Waals surface area contributed by atoms with Crippen molar-refractivity contribution >= 4 is 17.3 Å². The third-order valence-corrected chi connectivity index (χ3v) is 6.97. The maximum atomic E-state index is 13.8. The lowest BCUT2D eigenvalue weighted by Gasteiger charge is -2.36. The monoisotopic (exact) mass is 562 g/mol. The van der Waals surface area contributed by atoms with Crippen molar-refractivity contribution in [2.24, 2.45) is 0 Å². The van der Waals surface area contributed by atoms with Gasteiger partial charge in [0.1, 0.15) is 17.2 Å². The Labute approximate surface area is 237 Å². The Hall–Kier alpha value is -3.89. The number of anilines is 1. The van der Waals surface area contributed by atoms with Gasteiger partial charge in [0.2, 0.25) is 5.75 Å². The molecule has 0 unspecified atom stereocenters. The molecule has 208 valence electrons. The van der Waals surface area contributed by atoms with Gasteiger partial charge >= 0.3 is 5.56 Å². The summed E-state index contributed by atoms with van der Waals surface area (Å²) in [5.41, 5.74) is 2.69. The molecule has 1 N–H and O–H groups in total. The zero-order chi connectivity index (χ0) is 27.9. The molecule has 1 saturated heterocycles. The number of piperazine rings is 1. The maximum absolute atomic E-state index is 13.8. The van der Waals surface area contributed by atoms with E-state index in [4.69, 9.17) is 25.8 Å². The van der Waals surface area contributed by atoms with E-state index in [1.807, 2.05) is 48.5 Å². The minimum atomic E-state index is -0.375. The molecular weight excluding hydrogens is 532 g/mol. The van der Waals surface area contributed by atoms with Gasteiger partial charge in [0.25, 0.3) is 0 Å². The van der Waals surface area contributed by atoms with Gasteiger partial charge < -0.3 is 24.2 Å². The predicted molar refractivity (Wildman–Crippen MR) is 155 cm³/mol. The molecule has 0 bridgehead atoms. The second-order valence-corrected chi connectivity index (χ2v) is 9.71. The summed E-state index contributed by atoms with van der Waals surface area (Å²) < 4.78 is 18.4. The second kappa shape index (κ2) is 13.0. The average molecular weight is 563 g/mol. The number of hydrogen-bond donors (Lipinski definition) is 1. The summed E-state index contributed by atoms with van der Waals surface area (Å²) in [7, 11) is 1.58. The molecule has 1 aromatic heterocycles. The van der Waals surface area contributed by atoms with E-state index in [0.29, 0.717) is 47.5 Å². The summed E-state index contributed by atoms with van der Waals surface area (Å²) in [5, 5.41) is 14.3. The highest BCUT2D eigenvalue weighted by Gasteiger charge is 2.24. The lowest BCUT2D eigenvalue weighted by Crippen LogP contribution is -2.47. The fourth-order valence-corrected chi connectivity index (χ4v) is 4.77. The first-order valence-corrected chi connectivity index (χ1v) is 13.4. The fraction of sp³-hybridized carbons (Fsp3) is 0.267. The van der Waals surface area contributed by atoms with Crippen molar-refractivity contribution in [3.05, 3.63) is 94.4 Å². The summed E-state index contributed by atoms with van der Waals surface area (Å²) in [6.07, 6.45) is 1.67. The number of para-hydroxylation sites is 1. The SMILES string of the molecule is COCOc1ccccc1-c1ccc(Oc2c(N3CCN(CCO)CC3)cnn(-c3ccc(Cl)cc3)c2=O)cc1. The van der Waals surface area contributed by atoms with E-state index in [0.717, 1.165) is 24.2 Å². The Morgan fingerprint density at radius 2 is 1.68 bits per heavy atom. The van der Waals surface area contributed by atoms with Crippen molar-refractivity contribution in [1.29, 1.82) is 0 Å². The van der Waals surface area contributed by atoms with Crippen molar-refractivity contribution < 1.29 is 19.3 Å². The number of ether oxygens (including phenoxy) is 3. The topological polar surface area (TPSA) is 89.3 Å². The lowest BCUT2D eigenvalue weighted by molar-refractivity contribution is 0.0515. The minimum Gasteiger partial charge on any atom is -0.467 e. The van der Waals surface area contributed by atoms with E-state index >= 15 is 0 Å². The van der Waals surface area contributed by atoms with Crippen LogP contribution in [0.2, 0.25) is 5.02 Å². The zero-order valence-corrected chi connectivity index (χ0v) is 23.0. The Morgan fingerprint density at radius 3 is 2.38 bits per heavy atom. The van der Waals surface area contributed by atoms with E-state index in [9.17, 15) is 9.90 Å². The molecule has 5 rings (SSSR count). The molecule has 9 nitrogen and oxygen atoms in total. The molecular formula is C30H31ClN4O5. The summed E-state index contributed by atoms with van der Waals surface area (Å²) in [5.74, 6) is 1.42. The molecule has 1 fully saturated rings. The van der Waals surface area contributed by atoms with Gasteiger partial charge in [-0.15, -0.1) is 0 Å². The van der Waals surface area contributed by atoms with Crippen LogP contribution in [0.5, 0.6) is 17.2 Å². The van der Waals surface area contributed by atoms with E-state index in [1.165, 1.54) is 4.68 Å². The number of rotatable bonds is 10. The van der Waals surface area contributed by atoms with E-state index < -0.39 is 0 Å². The summed E-state index contributed by atoms with van der Waals surface area (Å²) in [6.45, 7) is 3.78. The van der Waals surface area contributed by atoms with Crippen molar-refractivity contribution in [1.82, 2.24) is 14.7 Å². The second-order valence-electron chi connectivity index (χ2n) is 9.28. The van der Waals surface area contributed by atoms with Crippen molar-refractivity contribution in [3.8, 4) is 34.1 Å². The smallest absolute Gasteiger partial charge is 0.316 e. The van der Waals surface area contributed by atoms with Gasteiger partial charge in [-0.2, -0.15) is 9.78 Å². The molecule has 3 aromatic carbocycles. The molecule has 40 heavy (non-hydrogen) atoms. The van der Waals surface area contributed by atoms with Crippen molar-refractivity contribution in [2.45, 2.75) is 0 Å². The van der Waals surface area contributed by atoms with Crippen LogP contribution in [0.4, 0.5) is 5.69 Å². The normalized spacial score (nSPS) is 13.8. The van der Waals surface area contributed by atoms with Gasteiger partial charge in [-0.05, 0) is 48.0 Å². The molecule has 0 spiro atoms. The Morgan fingerprint density at radius 1 is 0.950 bits per heavy atom. The quantitative estimate of drug-likeness (QED) is 0.284. The Bertz CT molecular complexity index is 1470. The number of aliphatic hydroxyl groups is 1. The summed E-state index contributed by atoms with van der Waals surface area (Å²) in [4.78, 5) is 18.1. The molecule has 2 heterocycles. The number of hydrogen-bond acceptors (Lipinski definition) is 8. The van der Waals surface area contributed by atoms with Gasteiger partial charge in [-0.1, -0.05) is 41.9 Å². The largest absolute Gasteiger partial charge is 0.467 e. The van der Waals surface area contributed by atoms with Crippen LogP contribution in [-0.2, 0) is 4.74 Å². The van der Waals surface area contributed by atoms with E-state index in [1.54, 1.807) is 37.6 Å². The molecule has 1 aliphatic rings. The average Bonchev–Trinajstić information content (AvgIpc) is 2.99. The molecule has 0 radical (unpaired) electrons. The standard InChI is InChI=1S/C30H31ClN4O5/c1-38-21-39-28-5-3-2-4-26(28)22-6-12-25(13-7-22)40-29-27(34-16-14-33(15-17-34)18-19-36)20-32-35(30(29)37)24-10-8-23(31)9-11-24/h2-13,20,36H,14-19,21H2,1H3. The van der Waals surface area contributed by atoms with Gasteiger partial charge in [0, 0.05) is 50.4 Å². The van der Waals surface area contributed by atoms with Crippen molar-refractivity contribution in [2.75, 3.05) is 58.1 Å². The number of benzene rings is 3. The highest BCUT2D eigenvalue weighted by Crippen LogP contribution is 2.34. The summed E-state index contributed by atoms with van der Waals surface area (Å²) in [6, 6.07) is 22.2. The third-order valence-electron chi connectivity index (χ3n) is 6.72. The Kier molecular flexibility index (Phi) is 8.98. The maximum Gasteiger partial charge on any atom is 0.316 e. The van der Waals surface area contributed by atoms with Crippen LogP contribution in [0.25, 0.3) is 16.8 Å². The van der Waals surface area contributed by atoms with Crippen LogP contribution < -0.4 is 19.9 Å². The van der Waals surface area contributed by atoms with Crippen LogP contribution in [0, 0.1) is 0 Å². The van der Waals surface area contributed by atoms with Gasteiger partial charge in [0.15, 0.2) is 6.79 Å². The van der Waals surface area contributed by atoms with Crippen LogP contribution in [0.1, 0.15) is 0 Å². The number of nitrogens with zero attached hydrogens (tertiary/aromatic N) is 4.